The molecule has 1 aliphatic rings. The Balaban J connectivity index is 2.14. The van der Waals surface area contributed by atoms with Crippen LogP contribution >= 0.6 is 24.0 Å². The number of thiocarbonyl (C=S) groups is 1. The Morgan fingerprint density at radius 1 is 1.47 bits per heavy atom. The van der Waals surface area contributed by atoms with Crippen molar-refractivity contribution in [3.63, 3.8) is 0 Å². The van der Waals surface area contributed by atoms with Crippen LogP contribution in [0.4, 0.5) is 0 Å². The van der Waals surface area contributed by atoms with Gasteiger partial charge in [0.05, 0.1) is 4.91 Å². The molecule has 0 aliphatic carbocycles. The topological polar surface area (TPSA) is 74.6 Å². The van der Waals surface area contributed by atoms with E-state index in [1.807, 2.05) is 12.1 Å². The Bertz CT molecular complexity index is 557. The van der Waals surface area contributed by atoms with Gasteiger partial charge in [0, 0.05) is 31.1 Å². The van der Waals surface area contributed by atoms with Crippen molar-refractivity contribution in [2.24, 2.45) is 0 Å². The van der Waals surface area contributed by atoms with Gasteiger partial charge in [-0.25, -0.2) is 4.98 Å². The number of carbonyl (C=O) groups is 2. The maximum atomic E-state index is 12.1. The molecule has 1 amide bonds. The molecule has 1 aliphatic heterocycles. The molecular weight excluding hydrogens is 284 g/mol. The van der Waals surface area contributed by atoms with E-state index in [0.29, 0.717) is 9.23 Å². The van der Waals surface area contributed by atoms with E-state index >= 15 is 0 Å². The molecule has 0 bridgehead atoms. The monoisotopic (exact) mass is 294 g/mol. The standard InChI is InChI=1S/C12H10N2O3S2/c15-10(16)3-6-14-11(17)9(19-12(14)18)7-8-1-4-13-5-2-8/h1-2,4-5,7H,3,6H2,(H,15,16)/b9-7-. The van der Waals surface area contributed by atoms with E-state index in [9.17, 15) is 14.7 Å². The number of aromatic amines is 1. The fourth-order valence-corrected chi connectivity index (χ4v) is 2.85. The minimum absolute atomic E-state index is 0.0485. The summed E-state index contributed by atoms with van der Waals surface area (Å²) in [4.78, 5) is 27.2. The molecule has 1 aromatic heterocycles. The van der Waals surface area contributed by atoms with Crippen LogP contribution in [0.15, 0.2) is 29.4 Å². The molecule has 1 N–H and O–H groups in total. The summed E-state index contributed by atoms with van der Waals surface area (Å²) in [5.74, 6) is -1.46. The van der Waals surface area contributed by atoms with E-state index in [-0.39, 0.29) is 18.9 Å². The van der Waals surface area contributed by atoms with Crippen LogP contribution in [0.3, 0.4) is 0 Å². The first-order valence-corrected chi connectivity index (χ1v) is 6.72. The number of pyridine rings is 1. The molecule has 19 heavy (non-hydrogen) atoms. The fraction of sp³-hybridized carbons (Fsp3) is 0.167. The molecule has 7 heteroatoms. The van der Waals surface area contributed by atoms with Crippen molar-refractivity contribution < 1.29 is 19.7 Å². The third-order valence-corrected chi connectivity index (χ3v) is 3.83. The summed E-state index contributed by atoms with van der Waals surface area (Å²) in [6.45, 7) is 0.0485. The lowest BCUT2D eigenvalue weighted by Crippen LogP contribution is -2.33. The molecule has 0 aromatic carbocycles. The van der Waals surface area contributed by atoms with Crippen LogP contribution in [-0.4, -0.2) is 27.6 Å². The summed E-state index contributed by atoms with van der Waals surface area (Å²) < 4.78 is 0.375. The first kappa shape index (κ1) is 13.7. The van der Waals surface area contributed by atoms with Gasteiger partial charge in [0.1, 0.15) is 4.32 Å². The van der Waals surface area contributed by atoms with Crippen LogP contribution in [-0.2, 0) is 9.59 Å². The Labute approximate surface area is 119 Å². The van der Waals surface area contributed by atoms with Crippen molar-refractivity contribution in [3.8, 4) is 0 Å². The third-order valence-electron chi connectivity index (χ3n) is 2.45. The Hall–Kier alpha value is -1.73. The second-order valence-corrected chi connectivity index (χ2v) is 5.46. The number of nitrogens with zero attached hydrogens (tertiary/aromatic N) is 1. The van der Waals surface area contributed by atoms with Crippen LogP contribution in [0.2, 0.25) is 0 Å². The summed E-state index contributed by atoms with van der Waals surface area (Å²) in [5, 5.41) is 10.4. The molecule has 0 atom stereocenters. The Kier molecular flexibility index (Phi) is 4.28. The highest BCUT2D eigenvalue weighted by molar-refractivity contribution is 8.26. The average Bonchev–Trinajstić information content (AvgIpc) is 2.63. The lowest BCUT2D eigenvalue weighted by atomic mass is 10.2. The third kappa shape index (κ3) is 3.39. The van der Waals surface area contributed by atoms with E-state index < -0.39 is 5.97 Å². The molecular formula is C12H10N2O3S2. The van der Waals surface area contributed by atoms with Gasteiger partial charge in [0.25, 0.3) is 5.91 Å². The van der Waals surface area contributed by atoms with Crippen LogP contribution < -0.4 is 10.1 Å². The van der Waals surface area contributed by atoms with Crippen molar-refractivity contribution in [2.75, 3.05) is 6.54 Å². The maximum Gasteiger partial charge on any atom is 0.266 e. The molecule has 1 saturated heterocycles. The number of carbonyl (C=O) groups excluding carboxylic acids is 2. The van der Waals surface area contributed by atoms with Gasteiger partial charge in [-0.2, -0.15) is 0 Å². The van der Waals surface area contributed by atoms with Gasteiger partial charge in [-0.1, -0.05) is 24.0 Å². The van der Waals surface area contributed by atoms with Crippen molar-refractivity contribution >= 4 is 46.3 Å². The molecule has 0 radical (unpaired) electrons. The first-order valence-electron chi connectivity index (χ1n) is 5.49. The number of carboxylic acid groups (broad SMARTS) is 1. The zero-order valence-electron chi connectivity index (χ0n) is 9.79. The van der Waals surface area contributed by atoms with Gasteiger partial charge in [0.15, 0.2) is 12.4 Å². The molecule has 2 heterocycles. The zero-order chi connectivity index (χ0) is 13.8. The highest BCUT2D eigenvalue weighted by Gasteiger charge is 2.31. The molecule has 98 valence electrons. The SMILES string of the molecule is O=C([O-])CCN1C(=O)/C(=C/c2cc[nH+]cc2)SC1=S. The zero-order valence-corrected chi connectivity index (χ0v) is 11.4. The van der Waals surface area contributed by atoms with Crippen molar-refractivity contribution in [2.45, 2.75) is 6.42 Å². The maximum absolute atomic E-state index is 12.1. The highest BCUT2D eigenvalue weighted by atomic mass is 32.2. The quantitative estimate of drug-likeness (QED) is 0.570. The predicted octanol–water partition coefficient (Wildman–Crippen LogP) is -0.158. The second-order valence-electron chi connectivity index (χ2n) is 3.79. The number of H-pyrrole nitrogens is 1. The van der Waals surface area contributed by atoms with Gasteiger partial charge in [-0.3, -0.25) is 9.69 Å². The smallest absolute Gasteiger partial charge is 0.266 e. The molecule has 5 nitrogen and oxygen atoms in total. The normalized spacial score (nSPS) is 17.3. The molecule has 1 aromatic rings. The molecule has 2 rings (SSSR count). The number of aliphatic carboxylic acids is 1. The second kappa shape index (κ2) is 5.94. The fourth-order valence-electron chi connectivity index (χ4n) is 1.54. The van der Waals surface area contributed by atoms with Crippen LogP contribution in [0.5, 0.6) is 0 Å². The van der Waals surface area contributed by atoms with Crippen molar-refractivity contribution in [1.29, 1.82) is 0 Å². The minimum Gasteiger partial charge on any atom is -0.550 e. The lowest BCUT2D eigenvalue weighted by molar-refractivity contribution is -0.378. The van der Waals surface area contributed by atoms with Crippen LogP contribution in [0.25, 0.3) is 6.08 Å². The lowest BCUT2D eigenvalue weighted by Gasteiger charge is -2.14. The van der Waals surface area contributed by atoms with Gasteiger partial charge in [0.2, 0.25) is 0 Å². The summed E-state index contributed by atoms with van der Waals surface area (Å²) in [6, 6.07) is 3.65. The van der Waals surface area contributed by atoms with Gasteiger partial charge < -0.3 is 9.90 Å². The summed E-state index contributed by atoms with van der Waals surface area (Å²) >= 11 is 6.24. The number of aromatic nitrogens is 1. The number of carboxylic acids is 1. The number of hydrogen-bond acceptors (Lipinski definition) is 5. The van der Waals surface area contributed by atoms with Gasteiger partial charge >= 0.3 is 0 Å². The van der Waals surface area contributed by atoms with E-state index in [1.165, 1.54) is 16.7 Å². The Morgan fingerprint density at radius 2 is 2.16 bits per heavy atom. The predicted molar refractivity (Wildman–Crippen MR) is 72.5 cm³/mol. The van der Waals surface area contributed by atoms with E-state index in [0.717, 1.165) is 5.56 Å². The van der Waals surface area contributed by atoms with Crippen LogP contribution in [0.1, 0.15) is 12.0 Å². The minimum atomic E-state index is -1.20. The average molecular weight is 294 g/mol. The van der Waals surface area contributed by atoms with E-state index in [4.69, 9.17) is 12.2 Å². The largest absolute Gasteiger partial charge is 0.550 e. The molecule has 0 saturated carbocycles. The number of amides is 1. The van der Waals surface area contributed by atoms with E-state index in [1.54, 1.807) is 18.5 Å². The number of thioether (sulfide) groups is 1. The summed E-state index contributed by atoms with van der Waals surface area (Å²) in [5.41, 5.74) is 0.874. The molecule has 0 unspecified atom stereocenters. The van der Waals surface area contributed by atoms with Crippen molar-refractivity contribution in [1.82, 2.24) is 4.90 Å². The first-order chi connectivity index (χ1) is 9.08. The Morgan fingerprint density at radius 3 is 2.79 bits per heavy atom. The van der Waals surface area contributed by atoms with E-state index in [2.05, 4.69) is 4.98 Å². The van der Waals surface area contributed by atoms with Crippen molar-refractivity contribution in [3.05, 3.63) is 35.0 Å². The highest BCUT2D eigenvalue weighted by Crippen LogP contribution is 2.32. The van der Waals surface area contributed by atoms with Gasteiger partial charge in [-0.05, 0) is 11.6 Å². The molecule has 1 fully saturated rings. The van der Waals surface area contributed by atoms with Gasteiger partial charge in [-0.15, -0.1) is 0 Å². The number of hydrogen-bond donors (Lipinski definition) is 0. The van der Waals surface area contributed by atoms with Crippen LogP contribution in [0, 0.1) is 0 Å². The summed E-state index contributed by atoms with van der Waals surface area (Å²) in [6.07, 6.45) is 5.01. The summed E-state index contributed by atoms with van der Waals surface area (Å²) in [7, 11) is 0. The number of nitrogens with one attached hydrogen (secondary N) is 1. The molecule has 0 spiro atoms. The number of rotatable bonds is 4.